The quantitative estimate of drug-likeness (QED) is 0.616. The molecule has 144 valence electrons. The fraction of sp³-hybridized carbons (Fsp3) is 0.238. The topological polar surface area (TPSA) is 80.2 Å². The normalized spacial score (nSPS) is 10.4. The van der Waals surface area contributed by atoms with Crippen LogP contribution in [0.4, 0.5) is 23.1 Å². The zero-order valence-corrected chi connectivity index (χ0v) is 16.2. The van der Waals surface area contributed by atoms with Gasteiger partial charge in [-0.15, -0.1) is 5.10 Å². The molecule has 0 aliphatic heterocycles. The fourth-order valence-corrected chi connectivity index (χ4v) is 2.78. The summed E-state index contributed by atoms with van der Waals surface area (Å²) in [7, 11) is 0. The number of nitrogens with zero attached hydrogens (tertiary/aromatic N) is 4. The largest absolute Gasteiger partial charge is 0.462 e. The van der Waals surface area contributed by atoms with Gasteiger partial charge in [-0.3, -0.25) is 0 Å². The first kappa shape index (κ1) is 19.3. The van der Waals surface area contributed by atoms with Crippen molar-refractivity contribution < 1.29 is 9.53 Å². The van der Waals surface area contributed by atoms with Crippen molar-refractivity contribution in [2.75, 3.05) is 23.4 Å². The van der Waals surface area contributed by atoms with Gasteiger partial charge in [0.15, 0.2) is 5.82 Å². The van der Waals surface area contributed by atoms with Crippen LogP contribution in [0, 0.1) is 6.92 Å². The number of esters is 1. The van der Waals surface area contributed by atoms with Gasteiger partial charge in [0.05, 0.1) is 18.4 Å². The molecule has 0 atom stereocenters. The van der Waals surface area contributed by atoms with Gasteiger partial charge >= 0.3 is 5.97 Å². The van der Waals surface area contributed by atoms with Crippen molar-refractivity contribution in [2.45, 2.75) is 20.8 Å². The van der Waals surface area contributed by atoms with Gasteiger partial charge in [-0.25, -0.2) is 4.79 Å². The summed E-state index contributed by atoms with van der Waals surface area (Å²) in [5.74, 6) is 0.743. The van der Waals surface area contributed by atoms with Crippen molar-refractivity contribution >= 4 is 29.1 Å². The highest BCUT2D eigenvalue weighted by Crippen LogP contribution is 2.24. The van der Waals surface area contributed by atoms with E-state index in [1.165, 1.54) is 5.56 Å². The molecule has 3 aromatic rings. The maximum atomic E-state index is 11.7. The van der Waals surface area contributed by atoms with E-state index in [0.717, 1.165) is 17.9 Å². The second-order valence-corrected chi connectivity index (χ2v) is 6.14. The maximum Gasteiger partial charge on any atom is 0.338 e. The lowest BCUT2D eigenvalue weighted by Crippen LogP contribution is -2.18. The Morgan fingerprint density at radius 2 is 1.93 bits per heavy atom. The SMILES string of the molecule is CCOC(=O)c1ccc(Nc2nncc(N(CC)c3cccc(C)c3)n2)cc1. The lowest BCUT2D eigenvalue weighted by molar-refractivity contribution is 0.0526. The highest BCUT2D eigenvalue weighted by atomic mass is 16.5. The number of carbonyl (C=O) groups is 1. The number of aryl methyl sites for hydroxylation is 1. The third-order valence-corrected chi connectivity index (χ3v) is 4.10. The van der Waals surface area contributed by atoms with E-state index in [1.807, 2.05) is 12.1 Å². The molecular weight excluding hydrogens is 354 g/mol. The number of nitrogens with one attached hydrogen (secondary N) is 1. The highest BCUT2D eigenvalue weighted by Gasteiger charge is 2.11. The molecule has 1 N–H and O–H groups in total. The van der Waals surface area contributed by atoms with E-state index >= 15 is 0 Å². The third-order valence-electron chi connectivity index (χ3n) is 4.10. The molecule has 0 saturated carbocycles. The zero-order chi connectivity index (χ0) is 19.9. The van der Waals surface area contributed by atoms with Gasteiger partial charge in [-0.2, -0.15) is 10.1 Å². The van der Waals surface area contributed by atoms with E-state index in [4.69, 9.17) is 4.74 Å². The molecule has 0 bridgehead atoms. The van der Waals surface area contributed by atoms with Crippen LogP contribution in [0.2, 0.25) is 0 Å². The van der Waals surface area contributed by atoms with Crippen LogP contribution in [0.1, 0.15) is 29.8 Å². The second-order valence-electron chi connectivity index (χ2n) is 6.14. The van der Waals surface area contributed by atoms with Gasteiger partial charge in [0.2, 0.25) is 5.95 Å². The second kappa shape index (κ2) is 8.94. The Morgan fingerprint density at radius 3 is 2.61 bits per heavy atom. The lowest BCUT2D eigenvalue weighted by Gasteiger charge is -2.22. The van der Waals surface area contributed by atoms with Crippen LogP contribution in [0.3, 0.4) is 0 Å². The summed E-state index contributed by atoms with van der Waals surface area (Å²) in [4.78, 5) is 18.4. The first-order valence-corrected chi connectivity index (χ1v) is 9.19. The molecular formula is C21H23N5O2. The predicted octanol–water partition coefficient (Wildman–Crippen LogP) is 4.26. The number of rotatable bonds is 7. The molecule has 0 amide bonds. The molecule has 0 aliphatic rings. The average Bonchev–Trinajstić information content (AvgIpc) is 2.70. The summed E-state index contributed by atoms with van der Waals surface area (Å²) in [5.41, 5.74) is 3.48. The first-order chi connectivity index (χ1) is 13.6. The summed E-state index contributed by atoms with van der Waals surface area (Å²) in [6.45, 7) is 6.99. The minimum absolute atomic E-state index is 0.342. The molecule has 1 aromatic heterocycles. The molecule has 2 aromatic carbocycles. The molecule has 7 nitrogen and oxygen atoms in total. The van der Waals surface area contributed by atoms with Crippen molar-refractivity contribution in [3.05, 3.63) is 65.9 Å². The smallest absolute Gasteiger partial charge is 0.338 e. The average molecular weight is 377 g/mol. The minimum atomic E-state index is -0.342. The van der Waals surface area contributed by atoms with Crippen LogP contribution in [0.15, 0.2) is 54.7 Å². The molecule has 0 aliphatic carbocycles. The molecule has 0 unspecified atom stereocenters. The van der Waals surface area contributed by atoms with Crippen LogP contribution in [0.5, 0.6) is 0 Å². The number of ether oxygens (including phenoxy) is 1. The van der Waals surface area contributed by atoms with Gasteiger partial charge in [-0.05, 0) is 62.7 Å². The Bertz CT molecular complexity index is 944. The van der Waals surface area contributed by atoms with Gasteiger partial charge in [0.1, 0.15) is 0 Å². The van der Waals surface area contributed by atoms with E-state index in [9.17, 15) is 4.79 Å². The molecule has 0 fully saturated rings. The number of benzene rings is 2. The Morgan fingerprint density at radius 1 is 1.14 bits per heavy atom. The summed E-state index contributed by atoms with van der Waals surface area (Å²) in [6, 6.07) is 15.2. The molecule has 28 heavy (non-hydrogen) atoms. The Hall–Kier alpha value is -3.48. The van der Waals surface area contributed by atoms with Crippen LogP contribution < -0.4 is 10.2 Å². The molecule has 0 saturated heterocycles. The van der Waals surface area contributed by atoms with Crippen molar-refractivity contribution in [1.29, 1.82) is 0 Å². The minimum Gasteiger partial charge on any atom is -0.462 e. The predicted molar refractivity (Wildman–Crippen MR) is 109 cm³/mol. The van der Waals surface area contributed by atoms with Crippen molar-refractivity contribution in [1.82, 2.24) is 15.2 Å². The number of anilines is 4. The van der Waals surface area contributed by atoms with E-state index in [1.54, 1.807) is 37.4 Å². The maximum absolute atomic E-state index is 11.7. The van der Waals surface area contributed by atoms with E-state index in [-0.39, 0.29) is 5.97 Å². The molecule has 3 rings (SSSR count). The molecule has 1 heterocycles. The zero-order valence-electron chi connectivity index (χ0n) is 16.2. The Balaban J connectivity index is 1.78. The van der Waals surface area contributed by atoms with E-state index < -0.39 is 0 Å². The van der Waals surface area contributed by atoms with Crippen LogP contribution in [-0.2, 0) is 4.74 Å². The van der Waals surface area contributed by atoms with Gasteiger partial charge in [0, 0.05) is 17.9 Å². The van der Waals surface area contributed by atoms with Crippen molar-refractivity contribution in [3.8, 4) is 0 Å². The molecule has 0 spiro atoms. The summed E-state index contributed by atoms with van der Waals surface area (Å²) < 4.78 is 4.99. The van der Waals surface area contributed by atoms with Crippen LogP contribution >= 0.6 is 0 Å². The molecule has 0 radical (unpaired) electrons. The number of hydrogen-bond donors (Lipinski definition) is 1. The molecule has 7 heteroatoms. The highest BCUT2D eigenvalue weighted by molar-refractivity contribution is 5.89. The van der Waals surface area contributed by atoms with E-state index in [2.05, 4.69) is 51.4 Å². The fourth-order valence-electron chi connectivity index (χ4n) is 2.78. The number of hydrogen-bond acceptors (Lipinski definition) is 7. The monoisotopic (exact) mass is 377 g/mol. The van der Waals surface area contributed by atoms with Gasteiger partial charge in [-0.1, -0.05) is 12.1 Å². The standard InChI is InChI=1S/C21H23N5O2/c1-4-26(18-8-6-7-15(3)13-18)19-14-22-25-21(24-19)23-17-11-9-16(10-12-17)20(27)28-5-2/h6-14H,4-5H2,1-3H3,(H,23,24,25). The third kappa shape index (κ3) is 4.62. The van der Waals surface area contributed by atoms with Gasteiger partial charge < -0.3 is 15.0 Å². The number of carbonyl (C=O) groups excluding carboxylic acids is 1. The van der Waals surface area contributed by atoms with Gasteiger partial charge in [0.25, 0.3) is 0 Å². The van der Waals surface area contributed by atoms with Crippen LogP contribution in [-0.4, -0.2) is 34.3 Å². The Labute approximate surface area is 164 Å². The Kier molecular flexibility index (Phi) is 6.16. The van der Waals surface area contributed by atoms with Crippen molar-refractivity contribution in [3.63, 3.8) is 0 Å². The lowest BCUT2D eigenvalue weighted by atomic mass is 10.2. The van der Waals surface area contributed by atoms with E-state index in [0.29, 0.717) is 23.9 Å². The number of aromatic nitrogens is 3. The first-order valence-electron chi connectivity index (χ1n) is 9.19. The van der Waals surface area contributed by atoms with Crippen molar-refractivity contribution in [2.24, 2.45) is 0 Å². The summed E-state index contributed by atoms with van der Waals surface area (Å²) >= 11 is 0. The van der Waals surface area contributed by atoms with Crippen LogP contribution in [0.25, 0.3) is 0 Å². The summed E-state index contributed by atoms with van der Waals surface area (Å²) in [6.07, 6.45) is 1.64. The summed E-state index contributed by atoms with van der Waals surface area (Å²) in [5, 5.41) is 11.3.